The molecule has 0 saturated heterocycles. The van der Waals surface area contributed by atoms with E-state index in [-0.39, 0.29) is 5.82 Å². The topological polar surface area (TPSA) is 109 Å². The first-order valence-electron chi connectivity index (χ1n) is 13.3. The van der Waals surface area contributed by atoms with Crippen molar-refractivity contribution < 1.29 is 24.8 Å². The fraction of sp³-hybridized carbons (Fsp3) is 0. The molecule has 195 valence electrons. The van der Waals surface area contributed by atoms with Crippen LogP contribution in [0, 0.1) is 5.82 Å². The van der Waals surface area contributed by atoms with E-state index in [2.05, 4.69) is 9.97 Å². The van der Waals surface area contributed by atoms with Crippen molar-refractivity contribution in [3.05, 3.63) is 90.7 Å². The molecule has 2 N–H and O–H groups in total. The van der Waals surface area contributed by atoms with Crippen molar-refractivity contribution in [2.45, 2.75) is 0 Å². The summed E-state index contributed by atoms with van der Waals surface area (Å²) in [6.45, 7) is 0. The average Bonchev–Trinajstić information content (AvgIpc) is 3.74. The minimum absolute atomic E-state index is 0.321. The zero-order valence-electron chi connectivity index (χ0n) is 21.6. The van der Waals surface area contributed by atoms with Crippen LogP contribution in [0.25, 0.3) is 89.7 Å². The van der Waals surface area contributed by atoms with Gasteiger partial charge in [0.1, 0.15) is 0 Å². The van der Waals surface area contributed by atoms with Gasteiger partial charge < -0.3 is 0 Å². The van der Waals surface area contributed by atoms with E-state index < -0.39 is 0 Å². The van der Waals surface area contributed by atoms with Crippen molar-refractivity contribution in [1.29, 1.82) is 0 Å². The van der Waals surface area contributed by atoms with Crippen LogP contribution in [0.4, 0.5) is 4.39 Å². The fourth-order valence-corrected chi connectivity index (χ4v) is 6.23. The maximum absolute atomic E-state index is 14.9. The Bertz CT molecular complexity index is 2460. The van der Waals surface area contributed by atoms with E-state index in [0.717, 1.165) is 38.4 Å². The van der Waals surface area contributed by atoms with Crippen molar-refractivity contribution in [2.75, 3.05) is 0 Å². The Hall–Kier alpha value is -5.12. The number of aromatic nitrogens is 8. The van der Waals surface area contributed by atoms with Gasteiger partial charge in [-0.15, -0.1) is 0 Å². The van der Waals surface area contributed by atoms with Gasteiger partial charge in [-0.05, 0) is 0 Å². The van der Waals surface area contributed by atoms with Crippen molar-refractivity contribution >= 4 is 48.0 Å². The number of fused-ring (bicyclic) bond motifs is 20. The van der Waals surface area contributed by atoms with Crippen LogP contribution < -0.4 is 3.87 Å². The number of hydrogen-bond acceptors (Lipinski definition) is 6. The van der Waals surface area contributed by atoms with Gasteiger partial charge in [0.25, 0.3) is 0 Å². The van der Waals surface area contributed by atoms with Crippen molar-refractivity contribution in [2.24, 2.45) is 0 Å². The fourth-order valence-electron chi connectivity index (χ4n) is 5.71. The van der Waals surface area contributed by atoms with Gasteiger partial charge >= 0.3 is 243 Å². The molecule has 9 rings (SSSR count). The van der Waals surface area contributed by atoms with Crippen molar-refractivity contribution in [3.8, 4) is 45.6 Å². The molecule has 10 heteroatoms. The molecule has 0 fully saturated rings. The third kappa shape index (κ3) is 3.38. The SMILES string of the molecule is Fc1ccc2c3nc4nc(nc5[nH]c(nc6nc(nc([nH]3)c2[c]1[Ti])-c1ccccc1-6)c1ccccc51)-c1ccccc1-4. The summed E-state index contributed by atoms with van der Waals surface area (Å²) in [6, 6.07) is 26.9. The standard InChI is InChI=1S/C32H16FN8.Ti/c33-16-13-14-23-24(15-16)32-40-30-22-12-6-5-11-21(22)28(38-30)36-26-18-8-2-1-7-17(18)25(34-26)35-27-19-9-3-4-10-20(19)29(37-27)39-31(23)41-32;/h1-14H,(H2,34,35,36,37,38,39,40,41);. The molecule has 0 atom stereocenters. The number of nitrogens with zero attached hydrogens (tertiary/aromatic N) is 6. The summed E-state index contributed by atoms with van der Waals surface area (Å²) in [5.74, 6) is 1.73. The van der Waals surface area contributed by atoms with Gasteiger partial charge in [0.2, 0.25) is 0 Å². The molecule has 0 amide bonds. The molecule has 0 spiro atoms. The molecule has 0 unspecified atom stereocenters. The second-order valence-electron chi connectivity index (χ2n) is 10.1. The summed E-state index contributed by atoms with van der Waals surface area (Å²) in [7, 11) is 0. The number of halogens is 1. The van der Waals surface area contributed by atoms with Gasteiger partial charge in [0, 0.05) is 0 Å². The Morgan fingerprint density at radius 3 is 1.36 bits per heavy atom. The maximum atomic E-state index is 14.9. The Morgan fingerprint density at radius 1 is 0.452 bits per heavy atom. The van der Waals surface area contributed by atoms with E-state index in [9.17, 15) is 4.39 Å². The molecular formula is C32H16FN8Ti. The summed E-state index contributed by atoms with van der Waals surface area (Å²) in [6.07, 6.45) is 0. The molecule has 3 aromatic heterocycles. The molecule has 0 saturated carbocycles. The van der Waals surface area contributed by atoms with E-state index in [1.165, 1.54) is 6.07 Å². The molecule has 4 aromatic carbocycles. The zero-order chi connectivity index (χ0) is 27.9. The Balaban J connectivity index is 1.52. The molecule has 8 bridgehead atoms. The van der Waals surface area contributed by atoms with Gasteiger partial charge in [-0.2, -0.15) is 0 Å². The Morgan fingerprint density at radius 2 is 0.857 bits per heavy atom. The molecule has 0 radical (unpaired) electrons. The molecule has 0 aliphatic carbocycles. The summed E-state index contributed by atoms with van der Waals surface area (Å²) in [4.78, 5) is 36.4. The monoisotopic (exact) mass is 579 g/mol. The van der Waals surface area contributed by atoms with Gasteiger partial charge in [0.05, 0.1) is 0 Å². The third-order valence-corrected chi connectivity index (χ3v) is 8.43. The van der Waals surface area contributed by atoms with Crippen LogP contribution in [0.15, 0.2) is 84.9 Å². The predicted molar refractivity (Wildman–Crippen MR) is 156 cm³/mol. The van der Waals surface area contributed by atoms with E-state index in [4.69, 9.17) is 29.9 Å². The molecule has 7 aromatic rings. The summed E-state index contributed by atoms with van der Waals surface area (Å²) in [5.41, 5.74) is 5.70. The number of benzene rings is 4. The number of aromatic amines is 2. The van der Waals surface area contributed by atoms with Crippen molar-refractivity contribution in [3.63, 3.8) is 0 Å². The van der Waals surface area contributed by atoms with Crippen molar-refractivity contribution in [1.82, 2.24) is 39.9 Å². The van der Waals surface area contributed by atoms with E-state index >= 15 is 0 Å². The molecular weight excluding hydrogens is 563 g/mol. The average molecular weight is 579 g/mol. The number of hydrogen-bond donors (Lipinski definition) is 2. The van der Waals surface area contributed by atoms with E-state index in [1.54, 1.807) is 26.5 Å². The molecule has 5 heterocycles. The second-order valence-corrected chi connectivity index (χ2v) is 10.9. The minimum atomic E-state index is -0.321. The van der Waals surface area contributed by atoms with Crippen LogP contribution in [0.1, 0.15) is 0 Å². The van der Waals surface area contributed by atoms with Gasteiger partial charge in [0.15, 0.2) is 0 Å². The Labute approximate surface area is 248 Å². The van der Waals surface area contributed by atoms with Gasteiger partial charge in [-0.1, -0.05) is 6.07 Å². The summed E-state index contributed by atoms with van der Waals surface area (Å²) in [5, 5.41) is 3.22. The van der Waals surface area contributed by atoms with Crippen LogP contribution >= 0.6 is 0 Å². The number of H-pyrrole nitrogens is 2. The quantitative estimate of drug-likeness (QED) is 0.208. The van der Waals surface area contributed by atoms with Crippen LogP contribution in [0.5, 0.6) is 0 Å². The third-order valence-electron chi connectivity index (χ3n) is 7.67. The van der Waals surface area contributed by atoms with E-state index in [0.29, 0.717) is 55.1 Å². The zero-order valence-corrected chi connectivity index (χ0v) is 23.2. The number of nitrogens with one attached hydrogen (secondary N) is 2. The van der Waals surface area contributed by atoms with Crippen LogP contribution in [-0.4, -0.2) is 39.9 Å². The molecule has 2 aliphatic rings. The van der Waals surface area contributed by atoms with Crippen LogP contribution in [-0.2, 0) is 20.4 Å². The molecule has 8 nitrogen and oxygen atoms in total. The second kappa shape index (κ2) is 8.69. The molecule has 2 aliphatic heterocycles. The first-order chi connectivity index (χ1) is 20.6. The first kappa shape index (κ1) is 23.6. The van der Waals surface area contributed by atoms with Crippen LogP contribution in [0.2, 0.25) is 0 Å². The molecule has 42 heavy (non-hydrogen) atoms. The summed E-state index contributed by atoms with van der Waals surface area (Å²) >= 11 is 1.74. The number of rotatable bonds is 0. The van der Waals surface area contributed by atoms with Gasteiger partial charge in [-0.25, -0.2) is 0 Å². The summed E-state index contributed by atoms with van der Waals surface area (Å²) < 4.78 is 15.4. The first-order valence-corrected chi connectivity index (χ1v) is 14.0. The predicted octanol–water partition coefficient (Wildman–Crippen LogP) is 6.18. The van der Waals surface area contributed by atoms with Gasteiger partial charge in [-0.3, -0.25) is 0 Å². The normalized spacial score (nSPS) is 12.0. The van der Waals surface area contributed by atoms with Crippen LogP contribution in [0.3, 0.4) is 0 Å². The van der Waals surface area contributed by atoms with E-state index in [1.807, 2.05) is 72.8 Å². The Kier molecular flexibility index (Phi) is 4.88.